The summed E-state index contributed by atoms with van der Waals surface area (Å²) in [7, 11) is 1.07. The molecule has 0 saturated heterocycles. The molecule has 0 aromatic rings. The van der Waals surface area contributed by atoms with Gasteiger partial charge in [-0.05, 0) is 193 Å². The van der Waals surface area contributed by atoms with Gasteiger partial charge in [0.15, 0.2) is 6.10 Å². The van der Waals surface area contributed by atoms with E-state index >= 15 is 0 Å². The van der Waals surface area contributed by atoms with E-state index < -0.39 is 32.5 Å². The molecular formula is C92H136NO8P. The first kappa shape index (κ1) is 94.8. The average Bonchev–Trinajstić information content (AvgIpc) is 0.935. The van der Waals surface area contributed by atoms with Gasteiger partial charge in [-0.15, -0.1) is 0 Å². The third-order valence-electron chi connectivity index (χ3n) is 14.6. The van der Waals surface area contributed by atoms with Crippen LogP contribution < -0.4 is 4.89 Å². The number of ether oxygens (including phenoxy) is 2. The van der Waals surface area contributed by atoms with E-state index in [9.17, 15) is 19.0 Å². The highest BCUT2D eigenvalue weighted by Crippen LogP contribution is 2.38. The lowest BCUT2D eigenvalue weighted by Crippen LogP contribution is -2.37. The van der Waals surface area contributed by atoms with Gasteiger partial charge in [-0.2, -0.15) is 0 Å². The highest BCUT2D eigenvalue weighted by Gasteiger charge is 2.22. The Hall–Kier alpha value is -7.23. The van der Waals surface area contributed by atoms with Gasteiger partial charge in [-0.1, -0.05) is 305 Å². The quantitative estimate of drug-likeness (QED) is 0.0195. The number of carbonyl (C=O) groups excluding carboxylic acids is 2. The summed E-state index contributed by atoms with van der Waals surface area (Å²) in [5.41, 5.74) is 0. The van der Waals surface area contributed by atoms with Gasteiger partial charge in [0.25, 0.3) is 7.82 Å². The van der Waals surface area contributed by atoms with Crippen LogP contribution in [0.1, 0.15) is 219 Å². The number of quaternary nitrogens is 1. The Kier molecular flexibility index (Phi) is 72.4. The van der Waals surface area contributed by atoms with Gasteiger partial charge in [0.2, 0.25) is 0 Å². The van der Waals surface area contributed by atoms with Gasteiger partial charge in [0.05, 0.1) is 27.7 Å². The third-order valence-corrected chi connectivity index (χ3v) is 15.6. The van der Waals surface area contributed by atoms with E-state index in [0.29, 0.717) is 23.9 Å². The number of esters is 2. The van der Waals surface area contributed by atoms with Gasteiger partial charge < -0.3 is 27.9 Å². The second-order valence-corrected chi connectivity index (χ2v) is 26.6. The van der Waals surface area contributed by atoms with Crippen LogP contribution in [-0.4, -0.2) is 70.0 Å². The molecule has 0 heterocycles. The van der Waals surface area contributed by atoms with E-state index in [0.717, 1.165) is 180 Å². The van der Waals surface area contributed by atoms with Crippen molar-refractivity contribution in [2.24, 2.45) is 0 Å². The number of nitrogens with zero attached hydrogens (tertiary/aromatic N) is 1. The topological polar surface area (TPSA) is 111 Å². The second-order valence-electron chi connectivity index (χ2n) is 25.2. The zero-order chi connectivity index (χ0) is 74.0. The van der Waals surface area contributed by atoms with E-state index in [-0.39, 0.29) is 26.1 Å². The minimum Gasteiger partial charge on any atom is -0.756 e. The largest absolute Gasteiger partial charge is 0.756 e. The van der Waals surface area contributed by atoms with Gasteiger partial charge >= 0.3 is 11.9 Å². The van der Waals surface area contributed by atoms with Crippen LogP contribution in [0.3, 0.4) is 0 Å². The number of phosphoric ester groups is 1. The Labute approximate surface area is 622 Å². The number of rotatable bonds is 66. The fourth-order valence-corrected chi connectivity index (χ4v) is 9.58. The summed E-state index contributed by atoms with van der Waals surface area (Å²) >= 11 is 0. The van der Waals surface area contributed by atoms with Crippen LogP contribution in [-0.2, 0) is 32.7 Å². The molecule has 0 aliphatic heterocycles. The fraction of sp³-hybridized carbons (Fsp3) is 0.457. The lowest BCUT2D eigenvalue weighted by atomic mass is 10.1. The first-order chi connectivity index (χ1) is 50.0. The molecule has 0 saturated carbocycles. The first-order valence-electron chi connectivity index (χ1n) is 38.3. The van der Waals surface area contributed by atoms with Gasteiger partial charge in [0, 0.05) is 12.8 Å². The van der Waals surface area contributed by atoms with E-state index in [4.69, 9.17) is 18.5 Å². The van der Waals surface area contributed by atoms with Crippen molar-refractivity contribution in [3.63, 3.8) is 0 Å². The number of likely N-dealkylation sites (N-methyl/N-ethyl adjacent to an activating group) is 1. The minimum absolute atomic E-state index is 0.0640. The van der Waals surface area contributed by atoms with Crippen molar-refractivity contribution in [3.8, 4) is 0 Å². The van der Waals surface area contributed by atoms with E-state index in [1.807, 2.05) is 21.1 Å². The number of unbranched alkanes of at least 4 members (excludes halogenated alkanes) is 4. The second kappa shape index (κ2) is 77.9. The molecule has 0 fully saturated rings. The van der Waals surface area contributed by atoms with E-state index in [2.05, 4.69) is 305 Å². The molecule has 0 N–H and O–H groups in total. The summed E-state index contributed by atoms with van der Waals surface area (Å²) in [5, 5.41) is 0. The SMILES string of the molecule is CC/C=C\C/C=C\C/C=C\C/C=C\C/C=C\C/C=C\C/C=C\C/C=C\C/C=C\C/C=C\C/C=C\C/C=C\CCCCC(=O)OCC(COP(=O)([O-])OCC[N+](C)(C)C)OC(=O)CCCC/C=C\C/C=C\C/C=C\C/C=C\C/C=C\C/C=C\C/C=C\C/C=C\C/C=C\C/C=C\C/C=C\C/C=C\CC. The first-order valence-corrected chi connectivity index (χ1v) is 39.8. The van der Waals surface area contributed by atoms with Crippen molar-refractivity contribution in [3.05, 3.63) is 292 Å². The average molecular weight is 1420 g/mol. The van der Waals surface area contributed by atoms with Crippen molar-refractivity contribution in [2.45, 2.75) is 225 Å². The lowest BCUT2D eigenvalue weighted by Gasteiger charge is -2.28. The molecular weight excluding hydrogens is 1280 g/mol. The number of phosphoric acid groups is 1. The molecule has 2 atom stereocenters. The molecule has 2 unspecified atom stereocenters. The molecule has 102 heavy (non-hydrogen) atoms. The van der Waals surface area contributed by atoms with Crippen molar-refractivity contribution >= 4 is 19.8 Å². The molecule has 0 radical (unpaired) electrons. The number of hydrogen-bond acceptors (Lipinski definition) is 8. The summed E-state index contributed by atoms with van der Waals surface area (Å²) in [6.07, 6.45) is 133. The van der Waals surface area contributed by atoms with Crippen LogP contribution in [0.2, 0.25) is 0 Å². The Balaban J connectivity index is 4.30. The minimum atomic E-state index is -4.69. The maximum Gasteiger partial charge on any atom is 0.306 e. The number of carbonyl (C=O) groups is 2. The van der Waals surface area contributed by atoms with Crippen molar-refractivity contribution in [1.29, 1.82) is 0 Å². The zero-order valence-electron chi connectivity index (χ0n) is 63.9. The molecule has 0 bridgehead atoms. The number of allylic oxidation sites excluding steroid dienone is 48. The molecule has 0 aliphatic rings. The molecule has 0 aliphatic carbocycles. The molecule has 0 aromatic heterocycles. The fourth-order valence-electron chi connectivity index (χ4n) is 8.85. The maximum atomic E-state index is 12.9. The Morgan fingerprint density at radius 1 is 0.304 bits per heavy atom. The zero-order valence-corrected chi connectivity index (χ0v) is 64.8. The Morgan fingerprint density at radius 3 is 0.745 bits per heavy atom. The molecule has 0 rings (SSSR count). The Bertz CT molecular complexity index is 2830. The molecule has 0 spiro atoms. The van der Waals surface area contributed by atoms with Crippen LogP contribution >= 0.6 is 7.82 Å². The Morgan fingerprint density at radius 2 is 0.520 bits per heavy atom. The monoisotopic (exact) mass is 1410 g/mol. The summed E-state index contributed by atoms with van der Waals surface area (Å²) in [6.45, 7) is 3.86. The van der Waals surface area contributed by atoms with Crippen LogP contribution in [0, 0.1) is 0 Å². The maximum absolute atomic E-state index is 12.9. The molecule has 0 aromatic carbocycles. The van der Waals surface area contributed by atoms with Crippen LogP contribution in [0.4, 0.5) is 0 Å². The smallest absolute Gasteiger partial charge is 0.306 e. The molecule has 10 heteroatoms. The predicted molar refractivity (Wildman–Crippen MR) is 442 cm³/mol. The lowest BCUT2D eigenvalue weighted by molar-refractivity contribution is -0.870. The standard InChI is InChI=1S/C92H136NO8P/c1-6-8-10-12-14-16-18-20-22-24-26-28-30-32-34-36-38-40-42-44-46-48-50-52-54-56-58-60-62-64-66-68-70-72-74-76-78-80-82-84-91(94)98-88-90(89-100-102(96,97)99-87-86-93(3,4)5)101-92(95)85-83-81-79-77-75-73-71-69-67-65-63-61-59-57-55-53-51-49-47-45-43-41-39-37-35-33-31-29-27-25-23-21-19-17-15-13-11-9-7-2/h8-11,14-17,20-23,26-29,32-35,38-41,44-47,50-53,56-59,62-65,68-71,74-77,90H,6-7,12-13,18-19,24-25,30-31,36-37,42-43,48-49,54-55,60-61,66-67,72-73,78-89H2,1-5H3/b10-8-,11-9-,16-14-,17-15-,22-20-,23-21-,28-26-,29-27-,34-32-,35-33-,40-38-,41-39-,46-44-,47-45-,52-50-,53-51-,58-56-,59-57-,64-62-,65-63-,70-68-,71-69-,76-74-,77-75-. The number of hydrogen-bond donors (Lipinski definition) is 0. The summed E-state index contributed by atoms with van der Waals surface area (Å²) in [4.78, 5) is 38.1. The summed E-state index contributed by atoms with van der Waals surface area (Å²) < 4.78 is 34.2. The van der Waals surface area contributed by atoms with E-state index in [1.54, 1.807) is 0 Å². The third kappa shape index (κ3) is 81.7. The summed E-state index contributed by atoms with van der Waals surface area (Å²) in [6, 6.07) is 0. The van der Waals surface area contributed by atoms with Gasteiger partial charge in [-0.3, -0.25) is 14.2 Å². The van der Waals surface area contributed by atoms with E-state index in [1.165, 1.54) is 0 Å². The highest BCUT2D eigenvalue weighted by molar-refractivity contribution is 7.45. The van der Waals surface area contributed by atoms with Gasteiger partial charge in [0.1, 0.15) is 19.8 Å². The van der Waals surface area contributed by atoms with Crippen molar-refractivity contribution in [2.75, 3.05) is 47.5 Å². The molecule has 9 nitrogen and oxygen atoms in total. The normalized spacial score (nSPS) is 14.7. The van der Waals surface area contributed by atoms with Gasteiger partial charge in [-0.25, -0.2) is 0 Å². The van der Waals surface area contributed by atoms with Crippen molar-refractivity contribution < 1.29 is 42.1 Å². The van der Waals surface area contributed by atoms with Crippen LogP contribution in [0.15, 0.2) is 292 Å². The highest BCUT2D eigenvalue weighted by atomic mass is 31.2. The summed E-state index contributed by atoms with van der Waals surface area (Å²) in [5.74, 6) is -0.964. The van der Waals surface area contributed by atoms with Crippen LogP contribution in [0.25, 0.3) is 0 Å². The van der Waals surface area contributed by atoms with Crippen LogP contribution in [0.5, 0.6) is 0 Å². The predicted octanol–water partition coefficient (Wildman–Crippen LogP) is 25.5. The van der Waals surface area contributed by atoms with Crippen molar-refractivity contribution in [1.82, 2.24) is 0 Å². The molecule has 562 valence electrons. The molecule has 0 amide bonds.